The minimum absolute atomic E-state index is 0.331. The normalized spacial score (nSPS) is 11.4. The van der Waals surface area contributed by atoms with Crippen LogP contribution in [0.3, 0.4) is 0 Å². The Bertz CT molecular complexity index is 261. The molecule has 0 amide bonds. The Kier molecular flexibility index (Phi) is 9.36. The van der Waals surface area contributed by atoms with Crippen molar-refractivity contribution in [1.82, 2.24) is 0 Å². The molecule has 86 valence electrons. The molecule has 0 saturated heterocycles. The second kappa shape index (κ2) is 9.83. The molecule has 0 saturated carbocycles. The van der Waals surface area contributed by atoms with E-state index < -0.39 is 11.1 Å². The number of unbranched alkanes of at least 4 members (excludes halogenated alkanes) is 2. The minimum Gasteiger partial charge on any atom is -0.768 e. The van der Waals surface area contributed by atoms with E-state index in [-0.39, 0.29) is 0 Å². The Morgan fingerprint density at radius 2 is 1.87 bits per heavy atom. The van der Waals surface area contributed by atoms with Crippen molar-refractivity contribution in [2.24, 2.45) is 5.73 Å². The molecule has 0 bridgehead atoms. The molecule has 3 nitrogen and oxygen atoms in total. The highest BCUT2D eigenvalue weighted by Gasteiger charge is 1.84. The van der Waals surface area contributed by atoms with E-state index in [2.05, 4.69) is 6.92 Å². The van der Waals surface area contributed by atoms with Gasteiger partial charge in [-0.3, -0.25) is 4.21 Å². The fourth-order valence-corrected chi connectivity index (χ4v) is 1.31. The van der Waals surface area contributed by atoms with Crippen LogP contribution in [0.25, 0.3) is 0 Å². The van der Waals surface area contributed by atoms with Crippen molar-refractivity contribution in [1.29, 1.82) is 0 Å². The lowest BCUT2D eigenvalue weighted by molar-refractivity contribution is 0.537. The first-order chi connectivity index (χ1) is 7.22. The van der Waals surface area contributed by atoms with Crippen molar-refractivity contribution in [3.05, 3.63) is 30.3 Å². The molecule has 1 atom stereocenters. The molecular weight excluding hydrogens is 210 g/mol. The van der Waals surface area contributed by atoms with E-state index in [9.17, 15) is 8.76 Å². The molecule has 1 aromatic rings. The average molecular weight is 228 g/mol. The van der Waals surface area contributed by atoms with Gasteiger partial charge in [-0.25, -0.2) is 0 Å². The van der Waals surface area contributed by atoms with Crippen LogP contribution >= 0.6 is 0 Å². The van der Waals surface area contributed by atoms with Gasteiger partial charge in [0, 0.05) is 4.90 Å². The standard InChI is InChI=1S/C6H6O2S.C5H13N/c7-9(8)6-4-2-1-3-5-6;1-2-3-4-5-6/h1-5H,(H,7,8);2-6H2,1H3/p-1. The van der Waals surface area contributed by atoms with E-state index in [4.69, 9.17) is 5.73 Å². The number of benzene rings is 1. The summed E-state index contributed by atoms with van der Waals surface area (Å²) in [4.78, 5) is 0.331. The summed E-state index contributed by atoms with van der Waals surface area (Å²) >= 11 is -2.08. The van der Waals surface area contributed by atoms with Crippen LogP contribution in [0.15, 0.2) is 35.2 Å². The lowest BCUT2D eigenvalue weighted by Gasteiger charge is -2.01. The Morgan fingerprint density at radius 1 is 1.27 bits per heavy atom. The second-order valence-electron chi connectivity index (χ2n) is 3.04. The largest absolute Gasteiger partial charge is 0.768 e. The molecule has 0 fully saturated rings. The van der Waals surface area contributed by atoms with Crippen LogP contribution in [0.1, 0.15) is 26.2 Å². The third-order valence-corrected chi connectivity index (χ3v) is 2.40. The molecule has 0 spiro atoms. The lowest BCUT2D eigenvalue weighted by atomic mass is 10.3. The maximum absolute atomic E-state index is 10.2. The zero-order valence-corrected chi connectivity index (χ0v) is 9.83. The smallest absolute Gasteiger partial charge is 0.0248 e. The molecule has 0 radical (unpaired) electrons. The van der Waals surface area contributed by atoms with Gasteiger partial charge in [0.2, 0.25) is 0 Å². The summed E-state index contributed by atoms with van der Waals surface area (Å²) in [6, 6.07) is 8.23. The van der Waals surface area contributed by atoms with Crippen LogP contribution in [0.4, 0.5) is 0 Å². The first kappa shape index (κ1) is 14.3. The molecular formula is C11H18NO2S-. The van der Waals surface area contributed by atoms with Gasteiger partial charge in [0.25, 0.3) is 0 Å². The van der Waals surface area contributed by atoms with Crippen LogP contribution in [-0.2, 0) is 11.1 Å². The van der Waals surface area contributed by atoms with Crippen LogP contribution in [0.5, 0.6) is 0 Å². The molecule has 1 rings (SSSR count). The molecule has 1 unspecified atom stereocenters. The van der Waals surface area contributed by atoms with E-state index in [0.29, 0.717) is 4.90 Å². The van der Waals surface area contributed by atoms with Gasteiger partial charge in [0.05, 0.1) is 0 Å². The van der Waals surface area contributed by atoms with Gasteiger partial charge >= 0.3 is 0 Å². The third-order valence-electron chi connectivity index (χ3n) is 1.74. The Balaban J connectivity index is 0.000000288. The number of hydrogen-bond donors (Lipinski definition) is 1. The molecule has 0 aliphatic heterocycles. The molecule has 2 N–H and O–H groups in total. The lowest BCUT2D eigenvalue weighted by Crippen LogP contribution is -1.96. The van der Waals surface area contributed by atoms with Gasteiger partial charge in [-0.05, 0) is 36.2 Å². The zero-order valence-electron chi connectivity index (χ0n) is 9.02. The molecule has 1 aromatic carbocycles. The SMILES string of the molecule is CCCCCN.O=S([O-])c1ccccc1. The van der Waals surface area contributed by atoms with Gasteiger partial charge in [0.15, 0.2) is 0 Å². The maximum Gasteiger partial charge on any atom is 0.0248 e. The summed E-state index contributed by atoms with van der Waals surface area (Å²) in [6.45, 7) is 3.03. The quantitative estimate of drug-likeness (QED) is 0.633. The topological polar surface area (TPSA) is 66.2 Å². The number of nitrogens with two attached hydrogens (primary N) is 1. The summed E-state index contributed by atoms with van der Waals surface area (Å²) in [5.74, 6) is 0. The predicted octanol–water partition coefficient (Wildman–Crippen LogP) is 2.06. The van der Waals surface area contributed by atoms with Gasteiger partial charge < -0.3 is 10.3 Å². The fraction of sp³-hybridized carbons (Fsp3) is 0.455. The maximum atomic E-state index is 10.2. The van der Waals surface area contributed by atoms with Crippen LogP contribution in [0, 0.1) is 0 Å². The monoisotopic (exact) mass is 228 g/mol. The van der Waals surface area contributed by atoms with Gasteiger partial charge in [0.1, 0.15) is 0 Å². The van der Waals surface area contributed by atoms with Crippen LogP contribution in [-0.4, -0.2) is 15.3 Å². The highest BCUT2D eigenvalue weighted by Crippen LogP contribution is 2.00. The minimum atomic E-state index is -2.08. The molecule has 0 aliphatic rings. The Morgan fingerprint density at radius 3 is 2.13 bits per heavy atom. The van der Waals surface area contributed by atoms with E-state index in [1.165, 1.54) is 19.3 Å². The first-order valence-electron chi connectivity index (χ1n) is 5.06. The third kappa shape index (κ3) is 8.30. The average Bonchev–Trinajstić information content (AvgIpc) is 2.28. The van der Waals surface area contributed by atoms with Crippen LogP contribution in [0.2, 0.25) is 0 Å². The van der Waals surface area contributed by atoms with E-state index in [1.807, 2.05) is 0 Å². The van der Waals surface area contributed by atoms with Crippen LogP contribution < -0.4 is 5.73 Å². The van der Waals surface area contributed by atoms with E-state index in [0.717, 1.165) is 6.54 Å². The summed E-state index contributed by atoms with van der Waals surface area (Å²) in [7, 11) is 0. The molecule has 0 heterocycles. The second-order valence-corrected chi connectivity index (χ2v) is 3.98. The predicted molar refractivity (Wildman–Crippen MR) is 62.2 cm³/mol. The summed E-state index contributed by atoms with van der Waals surface area (Å²) in [6.07, 6.45) is 3.75. The molecule has 15 heavy (non-hydrogen) atoms. The van der Waals surface area contributed by atoms with Crippen molar-refractivity contribution in [3.63, 3.8) is 0 Å². The van der Waals surface area contributed by atoms with E-state index >= 15 is 0 Å². The fourth-order valence-electron chi connectivity index (χ4n) is 0.926. The molecule has 4 heteroatoms. The van der Waals surface area contributed by atoms with Crippen molar-refractivity contribution in [3.8, 4) is 0 Å². The first-order valence-corrected chi connectivity index (χ1v) is 6.14. The zero-order chi connectivity index (χ0) is 11.5. The van der Waals surface area contributed by atoms with Gasteiger partial charge in [-0.1, -0.05) is 38.0 Å². The van der Waals surface area contributed by atoms with Gasteiger partial charge in [-0.15, -0.1) is 0 Å². The van der Waals surface area contributed by atoms with Crippen molar-refractivity contribution in [2.75, 3.05) is 6.54 Å². The highest BCUT2D eigenvalue weighted by atomic mass is 32.2. The summed E-state index contributed by atoms with van der Waals surface area (Å²) in [5.41, 5.74) is 5.21. The number of hydrogen-bond acceptors (Lipinski definition) is 3. The Hall–Kier alpha value is -0.710. The van der Waals surface area contributed by atoms with Crippen molar-refractivity contribution in [2.45, 2.75) is 31.1 Å². The summed E-state index contributed by atoms with van der Waals surface area (Å²) in [5, 5.41) is 0. The van der Waals surface area contributed by atoms with Crippen molar-refractivity contribution >= 4 is 11.1 Å². The van der Waals surface area contributed by atoms with Crippen molar-refractivity contribution < 1.29 is 8.76 Å². The summed E-state index contributed by atoms with van der Waals surface area (Å²) < 4.78 is 20.4. The Labute approximate surface area is 94.0 Å². The molecule has 0 aliphatic carbocycles. The van der Waals surface area contributed by atoms with Gasteiger partial charge in [-0.2, -0.15) is 0 Å². The molecule has 0 aromatic heterocycles. The van der Waals surface area contributed by atoms with E-state index in [1.54, 1.807) is 30.3 Å². The highest BCUT2D eigenvalue weighted by molar-refractivity contribution is 7.79. The number of rotatable bonds is 4.